The minimum Gasteiger partial charge on any atom is -0.452 e. The van der Waals surface area contributed by atoms with Crippen molar-refractivity contribution in [3.8, 4) is 0 Å². The van der Waals surface area contributed by atoms with Gasteiger partial charge in [-0.2, -0.15) is 0 Å². The molecule has 1 heterocycles. The first-order valence-corrected chi connectivity index (χ1v) is 11.6. The van der Waals surface area contributed by atoms with Crippen LogP contribution in [0.5, 0.6) is 0 Å². The summed E-state index contributed by atoms with van der Waals surface area (Å²) in [6.07, 6.45) is 4.77. The SMILES string of the molecule is O=C(COC(=O)c1ccccc1S[C@H]1CCS(=O)(=O)C1)NC1CCCC1. The summed E-state index contributed by atoms with van der Waals surface area (Å²) in [4.78, 5) is 25.0. The number of rotatable bonds is 6. The van der Waals surface area contributed by atoms with Crippen LogP contribution in [-0.4, -0.2) is 49.7 Å². The summed E-state index contributed by atoms with van der Waals surface area (Å²) in [5.41, 5.74) is 0.371. The molecule has 26 heavy (non-hydrogen) atoms. The average molecular weight is 398 g/mol. The number of amides is 1. The second kappa shape index (κ2) is 8.43. The predicted octanol–water partition coefficient (Wildman–Crippen LogP) is 2.18. The van der Waals surface area contributed by atoms with Crippen LogP contribution in [0.3, 0.4) is 0 Å². The third-order valence-corrected chi connectivity index (χ3v) is 7.97. The number of sulfone groups is 1. The summed E-state index contributed by atoms with van der Waals surface area (Å²) < 4.78 is 28.4. The predicted molar refractivity (Wildman–Crippen MR) is 100 cm³/mol. The summed E-state index contributed by atoms with van der Waals surface area (Å²) in [5.74, 6) is -0.517. The van der Waals surface area contributed by atoms with E-state index in [2.05, 4.69) is 5.32 Å². The van der Waals surface area contributed by atoms with Crippen molar-refractivity contribution in [2.45, 2.75) is 48.3 Å². The van der Waals surface area contributed by atoms with E-state index in [1.807, 2.05) is 0 Å². The fraction of sp³-hybridized carbons (Fsp3) is 0.556. The number of carbonyl (C=O) groups is 2. The molecule has 1 aliphatic carbocycles. The van der Waals surface area contributed by atoms with Gasteiger partial charge in [-0.25, -0.2) is 13.2 Å². The van der Waals surface area contributed by atoms with Crippen LogP contribution in [0.4, 0.5) is 0 Å². The van der Waals surface area contributed by atoms with Gasteiger partial charge in [0.05, 0.1) is 17.1 Å². The molecule has 0 radical (unpaired) electrons. The van der Waals surface area contributed by atoms with Crippen molar-refractivity contribution in [3.63, 3.8) is 0 Å². The van der Waals surface area contributed by atoms with Gasteiger partial charge < -0.3 is 10.1 Å². The van der Waals surface area contributed by atoms with E-state index in [1.54, 1.807) is 24.3 Å². The van der Waals surface area contributed by atoms with Crippen LogP contribution < -0.4 is 5.32 Å². The highest BCUT2D eigenvalue weighted by atomic mass is 32.2. The van der Waals surface area contributed by atoms with Gasteiger partial charge in [0.2, 0.25) is 0 Å². The Hall–Kier alpha value is -1.54. The second-order valence-electron chi connectivity index (χ2n) is 6.76. The highest BCUT2D eigenvalue weighted by Gasteiger charge is 2.29. The highest BCUT2D eigenvalue weighted by Crippen LogP contribution is 2.33. The zero-order valence-corrected chi connectivity index (χ0v) is 16.1. The largest absolute Gasteiger partial charge is 0.452 e. The first-order valence-electron chi connectivity index (χ1n) is 8.85. The van der Waals surface area contributed by atoms with Crippen molar-refractivity contribution in [1.82, 2.24) is 5.32 Å². The average Bonchev–Trinajstić information content (AvgIpc) is 3.22. The standard InChI is InChI=1S/C18H23NO5S2/c20-17(19-13-5-1-2-6-13)11-24-18(21)15-7-3-4-8-16(15)25-14-9-10-26(22,23)12-14/h3-4,7-8,13-14H,1-2,5-6,9-12H2,(H,19,20)/t14-/m0/s1. The maximum atomic E-state index is 12.4. The number of hydrogen-bond donors (Lipinski definition) is 1. The smallest absolute Gasteiger partial charge is 0.339 e. The van der Waals surface area contributed by atoms with Crippen molar-refractivity contribution in [2.24, 2.45) is 0 Å². The van der Waals surface area contributed by atoms with Gasteiger partial charge in [-0.3, -0.25) is 4.79 Å². The molecular weight excluding hydrogens is 374 g/mol. The molecule has 142 valence electrons. The van der Waals surface area contributed by atoms with Crippen LogP contribution in [0.1, 0.15) is 42.5 Å². The molecule has 1 saturated heterocycles. The fourth-order valence-corrected chi connectivity index (χ4v) is 6.94. The van der Waals surface area contributed by atoms with Crippen LogP contribution in [-0.2, 0) is 19.4 Å². The molecular formula is C18H23NO5S2. The Labute approximate surface area is 158 Å². The monoisotopic (exact) mass is 397 g/mol. The number of hydrogen-bond acceptors (Lipinski definition) is 6. The van der Waals surface area contributed by atoms with E-state index in [0.717, 1.165) is 25.7 Å². The van der Waals surface area contributed by atoms with E-state index in [4.69, 9.17) is 4.74 Å². The Kier molecular flexibility index (Phi) is 6.24. The topological polar surface area (TPSA) is 89.5 Å². The summed E-state index contributed by atoms with van der Waals surface area (Å²) in [6, 6.07) is 7.14. The van der Waals surface area contributed by atoms with Crippen molar-refractivity contribution < 1.29 is 22.7 Å². The molecule has 2 fully saturated rings. The van der Waals surface area contributed by atoms with Crippen LogP contribution in [0.25, 0.3) is 0 Å². The maximum Gasteiger partial charge on any atom is 0.339 e. The molecule has 1 amide bonds. The lowest BCUT2D eigenvalue weighted by molar-refractivity contribution is -0.124. The Balaban J connectivity index is 1.56. The number of esters is 1. The zero-order valence-electron chi connectivity index (χ0n) is 14.5. The minimum absolute atomic E-state index is 0.0559. The molecule has 1 aromatic carbocycles. The summed E-state index contributed by atoms with van der Waals surface area (Å²) in [6.45, 7) is -0.299. The molecule has 0 aromatic heterocycles. The van der Waals surface area contributed by atoms with E-state index < -0.39 is 15.8 Å². The van der Waals surface area contributed by atoms with Gasteiger partial charge in [0.25, 0.3) is 5.91 Å². The Morgan fingerprint density at radius 1 is 1.15 bits per heavy atom. The van der Waals surface area contributed by atoms with Crippen molar-refractivity contribution in [3.05, 3.63) is 29.8 Å². The maximum absolute atomic E-state index is 12.4. The molecule has 0 bridgehead atoms. The molecule has 1 atom stereocenters. The van der Waals surface area contributed by atoms with Gasteiger partial charge in [0, 0.05) is 16.2 Å². The Morgan fingerprint density at radius 3 is 2.58 bits per heavy atom. The van der Waals surface area contributed by atoms with E-state index in [1.165, 1.54) is 11.8 Å². The number of benzene rings is 1. The van der Waals surface area contributed by atoms with Crippen LogP contribution >= 0.6 is 11.8 Å². The lowest BCUT2D eigenvalue weighted by Gasteiger charge is -2.14. The molecule has 1 N–H and O–H groups in total. The molecule has 3 rings (SSSR count). The van der Waals surface area contributed by atoms with Gasteiger partial charge in [-0.05, 0) is 31.4 Å². The Morgan fingerprint density at radius 2 is 1.88 bits per heavy atom. The van der Waals surface area contributed by atoms with Crippen molar-refractivity contribution >= 4 is 33.5 Å². The molecule has 6 nitrogen and oxygen atoms in total. The number of nitrogens with one attached hydrogen (secondary N) is 1. The van der Waals surface area contributed by atoms with Gasteiger partial charge in [-0.1, -0.05) is 25.0 Å². The quantitative estimate of drug-likeness (QED) is 0.740. The number of thioether (sulfide) groups is 1. The third kappa shape index (κ3) is 5.23. The van der Waals surface area contributed by atoms with Crippen LogP contribution in [0, 0.1) is 0 Å². The van der Waals surface area contributed by atoms with Gasteiger partial charge in [-0.15, -0.1) is 11.8 Å². The van der Waals surface area contributed by atoms with Gasteiger partial charge in [0.1, 0.15) is 0 Å². The Bertz CT molecular complexity index is 772. The molecule has 2 aliphatic rings. The van der Waals surface area contributed by atoms with Gasteiger partial charge in [0.15, 0.2) is 16.4 Å². The van der Waals surface area contributed by atoms with E-state index in [9.17, 15) is 18.0 Å². The van der Waals surface area contributed by atoms with E-state index in [0.29, 0.717) is 16.9 Å². The molecule has 1 aliphatic heterocycles. The summed E-state index contributed by atoms with van der Waals surface area (Å²) in [7, 11) is -2.97. The third-order valence-electron chi connectivity index (χ3n) is 4.65. The fourth-order valence-electron chi connectivity index (χ4n) is 3.32. The van der Waals surface area contributed by atoms with Crippen molar-refractivity contribution in [1.29, 1.82) is 0 Å². The molecule has 1 aromatic rings. The normalized spacial score (nSPS) is 22.2. The van der Waals surface area contributed by atoms with Crippen LogP contribution in [0.15, 0.2) is 29.2 Å². The van der Waals surface area contributed by atoms with Crippen LogP contribution in [0.2, 0.25) is 0 Å². The lowest BCUT2D eigenvalue weighted by atomic mass is 10.2. The van der Waals surface area contributed by atoms with E-state index in [-0.39, 0.29) is 35.3 Å². The first kappa shape index (κ1) is 19.2. The number of ether oxygens (including phenoxy) is 1. The molecule has 0 spiro atoms. The number of carbonyl (C=O) groups excluding carboxylic acids is 2. The summed E-state index contributed by atoms with van der Waals surface area (Å²) >= 11 is 1.39. The summed E-state index contributed by atoms with van der Waals surface area (Å²) in [5, 5.41) is 2.82. The molecule has 0 unspecified atom stereocenters. The molecule has 1 saturated carbocycles. The van der Waals surface area contributed by atoms with Gasteiger partial charge >= 0.3 is 5.97 Å². The minimum atomic E-state index is -2.97. The first-order chi connectivity index (χ1) is 12.4. The van der Waals surface area contributed by atoms with E-state index >= 15 is 0 Å². The van der Waals surface area contributed by atoms with Crippen molar-refractivity contribution in [2.75, 3.05) is 18.1 Å². The zero-order chi connectivity index (χ0) is 18.6. The highest BCUT2D eigenvalue weighted by molar-refractivity contribution is 8.02. The molecule has 8 heteroatoms. The lowest BCUT2D eigenvalue weighted by Crippen LogP contribution is -2.35. The second-order valence-corrected chi connectivity index (χ2v) is 10.3.